The van der Waals surface area contributed by atoms with Crippen molar-refractivity contribution in [1.29, 1.82) is 0 Å². The first-order chi connectivity index (χ1) is 22.7. The van der Waals surface area contributed by atoms with Gasteiger partial charge >= 0.3 is 25.2 Å². The second kappa shape index (κ2) is 21.2. The van der Waals surface area contributed by atoms with Crippen molar-refractivity contribution in [2.75, 3.05) is 13.2 Å². The van der Waals surface area contributed by atoms with Crippen LogP contribution in [-0.2, 0) is 14.0 Å². The molecular weight excluding hydrogens is 608 g/mol. The minimum absolute atomic E-state index is 0.0600. The van der Waals surface area contributed by atoms with E-state index in [0.29, 0.717) is 37.5 Å². The Morgan fingerprint density at radius 1 is 0.723 bits per heavy atom. The Bertz CT molecular complexity index is 1160. The van der Waals surface area contributed by atoms with Crippen molar-refractivity contribution in [3.05, 3.63) is 59.7 Å². The second-order valence-electron chi connectivity index (χ2n) is 12.7. The van der Waals surface area contributed by atoms with Crippen LogP contribution in [0.4, 0.5) is 13.2 Å². The van der Waals surface area contributed by atoms with Gasteiger partial charge in [0, 0.05) is 19.1 Å². The summed E-state index contributed by atoms with van der Waals surface area (Å²) in [5, 5.41) is 0. The molecule has 6 nitrogen and oxygen atoms in total. The van der Waals surface area contributed by atoms with Crippen LogP contribution in [0, 0.1) is 5.92 Å². The average molecular weight is 661 g/mol. The average Bonchev–Trinajstić information content (AvgIpc) is 3.07. The number of carbonyl (C=O) groups excluding carboxylic acids is 2. The minimum atomic E-state index is -4.64. The van der Waals surface area contributed by atoms with Crippen LogP contribution in [0.25, 0.3) is 0 Å². The molecule has 260 valence electrons. The van der Waals surface area contributed by atoms with Gasteiger partial charge in [0.2, 0.25) is 0 Å². The summed E-state index contributed by atoms with van der Waals surface area (Å²) in [4.78, 5) is 25.1. The fraction of sp³-hybridized carbons (Fsp3) is 0.622. The zero-order chi connectivity index (χ0) is 33.9. The Labute approximate surface area is 279 Å². The number of unbranched alkanes of at least 4 members (excludes halogenated alkanes) is 12. The highest BCUT2D eigenvalue weighted by Crippen LogP contribution is 2.28. The monoisotopic (exact) mass is 660 g/mol. The van der Waals surface area contributed by atoms with E-state index in [4.69, 9.17) is 18.8 Å². The molecule has 1 aliphatic heterocycles. The van der Waals surface area contributed by atoms with E-state index in [-0.39, 0.29) is 17.7 Å². The van der Waals surface area contributed by atoms with Gasteiger partial charge in [0.15, 0.2) is 6.10 Å². The number of hydrogen-bond acceptors (Lipinski definition) is 6. The molecule has 2 aromatic carbocycles. The standard InChI is InChI=1S/C37H52BF3O6/c1-3-5-7-9-10-11-12-13-14-15-17-29-27-44-38(45-28-29)32-23-19-30(20-24-32)35(42)46-33-25-21-31(22-26-33)36(43)47-34(37(39,40)41)18-16-8-6-4-2/h19-26,29,34H,3-18,27-28H2,1-2H3. The molecule has 1 unspecified atom stereocenters. The molecule has 0 aliphatic carbocycles. The molecule has 0 bridgehead atoms. The molecule has 0 aromatic heterocycles. The van der Waals surface area contributed by atoms with Gasteiger partial charge in [-0.1, -0.05) is 109 Å². The van der Waals surface area contributed by atoms with Crippen LogP contribution in [0.3, 0.4) is 0 Å². The summed E-state index contributed by atoms with van der Waals surface area (Å²) in [6, 6.07) is 12.0. The zero-order valence-electron chi connectivity index (χ0n) is 28.2. The third kappa shape index (κ3) is 14.4. The molecule has 47 heavy (non-hydrogen) atoms. The van der Waals surface area contributed by atoms with Crippen LogP contribution in [0.15, 0.2) is 48.5 Å². The highest BCUT2D eigenvalue weighted by atomic mass is 19.4. The molecule has 1 heterocycles. The zero-order valence-corrected chi connectivity index (χ0v) is 28.2. The smallest absolute Gasteiger partial charge is 0.449 e. The van der Waals surface area contributed by atoms with Crippen LogP contribution in [-0.4, -0.2) is 44.6 Å². The third-order valence-electron chi connectivity index (χ3n) is 8.59. The lowest BCUT2D eigenvalue weighted by atomic mass is 9.77. The molecule has 1 fully saturated rings. The fourth-order valence-electron chi connectivity index (χ4n) is 5.67. The molecule has 0 N–H and O–H groups in total. The number of alkyl halides is 3. The SMILES string of the molecule is CCCCCCCCCCCCC1COB(c2ccc(C(=O)Oc3ccc(C(=O)OC(CCCCCC)C(F)(F)F)cc3)cc2)OC1. The van der Waals surface area contributed by atoms with Crippen molar-refractivity contribution in [2.45, 2.75) is 129 Å². The summed E-state index contributed by atoms with van der Waals surface area (Å²) in [6.07, 6.45) is 9.88. The predicted molar refractivity (Wildman–Crippen MR) is 179 cm³/mol. The van der Waals surface area contributed by atoms with Gasteiger partial charge in [-0.2, -0.15) is 13.2 Å². The highest BCUT2D eigenvalue weighted by molar-refractivity contribution is 6.61. The molecule has 0 saturated carbocycles. The Hall–Kier alpha value is -2.85. The molecule has 0 spiro atoms. The summed E-state index contributed by atoms with van der Waals surface area (Å²) in [5.41, 5.74) is 1.06. The van der Waals surface area contributed by atoms with Crippen molar-refractivity contribution in [3.8, 4) is 5.75 Å². The molecule has 10 heteroatoms. The number of halogens is 3. The van der Waals surface area contributed by atoms with Crippen molar-refractivity contribution < 1.29 is 41.5 Å². The van der Waals surface area contributed by atoms with Gasteiger partial charge in [0.25, 0.3) is 0 Å². The molecule has 1 aliphatic rings. The molecule has 2 aromatic rings. The van der Waals surface area contributed by atoms with Crippen LogP contribution >= 0.6 is 0 Å². The first kappa shape index (κ1) is 38.6. The van der Waals surface area contributed by atoms with Gasteiger partial charge in [-0.3, -0.25) is 0 Å². The molecular formula is C37H52BF3O6. The molecule has 3 rings (SSSR count). The maximum Gasteiger partial charge on any atom is 0.493 e. The van der Waals surface area contributed by atoms with E-state index in [1.165, 1.54) is 88.5 Å². The largest absolute Gasteiger partial charge is 0.493 e. The number of carbonyl (C=O) groups is 2. The van der Waals surface area contributed by atoms with Gasteiger partial charge < -0.3 is 18.8 Å². The van der Waals surface area contributed by atoms with Gasteiger partial charge in [0.05, 0.1) is 11.1 Å². The number of ether oxygens (including phenoxy) is 2. The third-order valence-corrected chi connectivity index (χ3v) is 8.59. The highest BCUT2D eigenvalue weighted by Gasteiger charge is 2.42. The number of benzene rings is 2. The van der Waals surface area contributed by atoms with Crippen LogP contribution in [0.1, 0.15) is 137 Å². The minimum Gasteiger partial charge on any atom is -0.449 e. The van der Waals surface area contributed by atoms with Crippen LogP contribution < -0.4 is 10.2 Å². The van der Waals surface area contributed by atoms with Gasteiger partial charge in [-0.05, 0) is 61.1 Å². The lowest BCUT2D eigenvalue weighted by Gasteiger charge is -2.27. The van der Waals surface area contributed by atoms with Crippen molar-refractivity contribution >= 4 is 24.5 Å². The molecule has 0 amide bonds. The Morgan fingerprint density at radius 2 is 1.21 bits per heavy atom. The Kier molecular flexibility index (Phi) is 17.4. The summed E-state index contributed by atoms with van der Waals surface area (Å²) in [6.45, 7) is 5.50. The second-order valence-corrected chi connectivity index (χ2v) is 12.7. The quantitative estimate of drug-likeness (QED) is 0.0575. The van der Waals surface area contributed by atoms with E-state index in [0.717, 1.165) is 24.7 Å². The lowest BCUT2D eigenvalue weighted by molar-refractivity contribution is -0.206. The first-order valence-corrected chi connectivity index (χ1v) is 17.6. The number of rotatable bonds is 21. The normalized spacial score (nSPS) is 14.6. The topological polar surface area (TPSA) is 71.1 Å². The number of esters is 2. The van der Waals surface area contributed by atoms with Gasteiger partial charge in [-0.15, -0.1) is 0 Å². The van der Waals surface area contributed by atoms with Crippen LogP contribution in [0.5, 0.6) is 5.75 Å². The van der Waals surface area contributed by atoms with E-state index in [1.807, 2.05) is 6.92 Å². The van der Waals surface area contributed by atoms with E-state index >= 15 is 0 Å². The Morgan fingerprint density at radius 3 is 1.77 bits per heavy atom. The van der Waals surface area contributed by atoms with E-state index in [1.54, 1.807) is 24.3 Å². The summed E-state index contributed by atoms with van der Waals surface area (Å²) in [7, 11) is -0.482. The maximum atomic E-state index is 13.4. The maximum absolute atomic E-state index is 13.4. The Balaban J connectivity index is 1.37. The predicted octanol–water partition coefficient (Wildman–Crippen LogP) is 9.63. The first-order valence-electron chi connectivity index (χ1n) is 17.6. The summed E-state index contributed by atoms with van der Waals surface area (Å²) >= 11 is 0. The van der Waals surface area contributed by atoms with Gasteiger partial charge in [0.1, 0.15) is 5.75 Å². The van der Waals surface area contributed by atoms with E-state index in [9.17, 15) is 22.8 Å². The molecule has 1 saturated heterocycles. The van der Waals surface area contributed by atoms with Crippen LogP contribution in [0.2, 0.25) is 0 Å². The summed E-state index contributed by atoms with van der Waals surface area (Å²) in [5.74, 6) is -1.15. The van der Waals surface area contributed by atoms with Crippen molar-refractivity contribution in [2.24, 2.45) is 5.92 Å². The van der Waals surface area contributed by atoms with Crippen molar-refractivity contribution in [1.82, 2.24) is 0 Å². The number of hydrogen-bond donors (Lipinski definition) is 0. The van der Waals surface area contributed by atoms with Gasteiger partial charge in [-0.25, -0.2) is 9.59 Å². The van der Waals surface area contributed by atoms with E-state index in [2.05, 4.69) is 6.92 Å². The molecule has 0 radical (unpaired) electrons. The summed E-state index contributed by atoms with van der Waals surface area (Å²) < 4.78 is 62.3. The molecule has 1 atom stereocenters. The fourth-order valence-corrected chi connectivity index (χ4v) is 5.67. The van der Waals surface area contributed by atoms with Crippen molar-refractivity contribution in [3.63, 3.8) is 0 Å². The van der Waals surface area contributed by atoms with E-state index < -0.39 is 31.3 Å². The lowest BCUT2D eigenvalue weighted by Crippen LogP contribution is -2.44.